The Labute approximate surface area is 195 Å². The predicted molar refractivity (Wildman–Crippen MR) is 130 cm³/mol. The van der Waals surface area contributed by atoms with Crippen molar-refractivity contribution in [3.05, 3.63) is 24.4 Å². The third-order valence-electron chi connectivity index (χ3n) is 6.21. The van der Waals surface area contributed by atoms with Crippen molar-refractivity contribution in [1.82, 2.24) is 24.8 Å². The molecule has 33 heavy (non-hydrogen) atoms. The minimum Gasteiger partial charge on any atom is -0.343 e. The molecule has 3 heterocycles. The zero-order valence-electron chi connectivity index (χ0n) is 20.7. The fraction of sp³-hybridized carbons (Fsp3) is 0.600. The Balaban J connectivity index is 1.43. The van der Waals surface area contributed by atoms with Crippen LogP contribution in [0.2, 0.25) is 0 Å². The van der Waals surface area contributed by atoms with Crippen LogP contribution in [0, 0.1) is 11.3 Å². The van der Waals surface area contributed by atoms with Crippen LogP contribution in [0.15, 0.2) is 28.9 Å². The van der Waals surface area contributed by atoms with Gasteiger partial charge in [0.25, 0.3) is 0 Å². The summed E-state index contributed by atoms with van der Waals surface area (Å²) >= 11 is 0. The van der Waals surface area contributed by atoms with Crippen molar-refractivity contribution in [1.29, 1.82) is 0 Å². The second-order valence-electron chi connectivity index (χ2n) is 10.6. The quantitative estimate of drug-likeness (QED) is 0.513. The van der Waals surface area contributed by atoms with Crippen LogP contribution in [-0.4, -0.2) is 56.9 Å². The Bertz CT molecular complexity index is 1110. The van der Waals surface area contributed by atoms with Gasteiger partial charge >= 0.3 is 6.01 Å². The van der Waals surface area contributed by atoms with E-state index in [0.29, 0.717) is 24.2 Å². The molecule has 0 bridgehead atoms. The molecule has 1 aromatic carbocycles. The zero-order valence-corrected chi connectivity index (χ0v) is 20.7. The van der Waals surface area contributed by atoms with Crippen molar-refractivity contribution in [3.8, 4) is 11.4 Å². The normalized spacial score (nSPS) is 16.8. The highest BCUT2D eigenvalue weighted by molar-refractivity contribution is 5.83. The second-order valence-corrected chi connectivity index (χ2v) is 10.6. The predicted octanol–water partition coefficient (Wildman–Crippen LogP) is 4.78. The number of carbonyl (C=O) groups is 1. The fourth-order valence-electron chi connectivity index (χ4n) is 4.49. The number of carbonyl (C=O) groups excluding carboxylic acids is 1. The van der Waals surface area contributed by atoms with E-state index in [0.717, 1.165) is 49.1 Å². The molecule has 1 saturated heterocycles. The molecule has 0 saturated carbocycles. The lowest BCUT2D eigenvalue weighted by Crippen LogP contribution is -2.37. The first kappa shape index (κ1) is 23.3. The number of aromatic nitrogens is 4. The molecule has 1 aliphatic rings. The monoisotopic (exact) mass is 452 g/mol. The van der Waals surface area contributed by atoms with Gasteiger partial charge in [-0.2, -0.15) is 10.1 Å². The van der Waals surface area contributed by atoms with Gasteiger partial charge in [0.2, 0.25) is 11.7 Å². The van der Waals surface area contributed by atoms with Gasteiger partial charge in [-0.05, 0) is 44.6 Å². The summed E-state index contributed by atoms with van der Waals surface area (Å²) in [5.41, 5.74) is 1.98. The van der Waals surface area contributed by atoms with E-state index < -0.39 is 0 Å². The molecule has 0 radical (unpaired) electrons. The number of rotatable bonds is 7. The number of nitrogens with zero attached hydrogens (tertiary/aromatic N) is 6. The minimum absolute atomic E-state index is 0.00224. The first-order valence-corrected chi connectivity index (χ1v) is 12.0. The number of benzene rings is 1. The summed E-state index contributed by atoms with van der Waals surface area (Å²) in [5.74, 6) is 1.22. The molecule has 0 aliphatic carbocycles. The maximum absolute atomic E-state index is 12.7. The molecule has 8 nitrogen and oxygen atoms in total. The summed E-state index contributed by atoms with van der Waals surface area (Å²) in [5, 5.41) is 9.83. The summed E-state index contributed by atoms with van der Waals surface area (Å²) in [7, 11) is 0. The maximum atomic E-state index is 12.7. The Hall–Kier alpha value is -2.90. The smallest absolute Gasteiger partial charge is 0.324 e. The van der Waals surface area contributed by atoms with Crippen LogP contribution in [0.1, 0.15) is 60.4 Å². The number of hydrogen-bond acceptors (Lipinski definition) is 6. The van der Waals surface area contributed by atoms with Crippen molar-refractivity contribution in [2.75, 3.05) is 31.1 Å². The zero-order chi connectivity index (χ0) is 23.8. The Morgan fingerprint density at radius 1 is 1.30 bits per heavy atom. The van der Waals surface area contributed by atoms with Gasteiger partial charge in [-0.3, -0.25) is 9.48 Å². The van der Waals surface area contributed by atoms with Gasteiger partial charge in [-0.1, -0.05) is 38.1 Å². The molecule has 2 aromatic heterocycles. The molecule has 3 aromatic rings. The fourth-order valence-corrected chi connectivity index (χ4v) is 4.49. The van der Waals surface area contributed by atoms with E-state index in [1.165, 1.54) is 0 Å². The van der Waals surface area contributed by atoms with Gasteiger partial charge in [0, 0.05) is 49.6 Å². The van der Waals surface area contributed by atoms with Crippen molar-refractivity contribution in [2.24, 2.45) is 11.3 Å². The number of amides is 1. The maximum Gasteiger partial charge on any atom is 0.324 e. The molecule has 1 amide bonds. The molecular weight excluding hydrogens is 416 g/mol. The first-order chi connectivity index (χ1) is 15.6. The van der Waals surface area contributed by atoms with E-state index in [-0.39, 0.29) is 17.4 Å². The van der Waals surface area contributed by atoms with Crippen molar-refractivity contribution < 1.29 is 9.32 Å². The van der Waals surface area contributed by atoms with Crippen LogP contribution < -0.4 is 4.90 Å². The number of anilines is 1. The topological polar surface area (TPSA) is 80.3 Å². The third kappa shape index (κ3) is 5.20. The van der Waals surface area contributed by atoms with E-state index in [2.05, 4.69) is 67.7 Å². The molecule has 1 atom stereocenters. The second kappa shape index (κ2) is 9.15. The van der Waals surface area contributed by atoms with E-state index in [4.69, 9.17) is 4.52 Å². The van der Waals surface area contributed by atoms with Crippen LogP contribution in [-0.2, 0) is 4.79 Å². The molecule has 1 fully saturated rings. The molecule has 0 spiro atoms. The van der Waals surface area contributed by atoms with Gasteiger partial charge < -0.3 is 14.3 Å². The lowest BCUT2D eigenvalue weighted by molar-refractivity contribution is -0.133. The van der Waals surface area contributed by atoms with Gasteiger partial charge in [0.15, 0.2) is 0 Å². The summed E-state index contributed by atoms with van der Waals surface area (Å²) in [6.07, 6.45) is 3.47. The highest BCUT2D eigenvalue weighted by Gasteiger charge is 2.30. The molecule has 0 unspecified atom stereocenters. The van der Waals surface area contributed by atoms with Crippen molar-refractivity contribution >= 4 is 22.8 Å². The summed E-state index contributed by atoms with van der Waals surface area (Å²) in [4.78, 5) is 21.5. The number of fused-ring (bicyclic) bond motifs is 1. The Morgan fingerprint density at radius 3 is 2.79 bits per heavy atom. The molecule has 0 N–H and O–H groups in total. The SMILES string of the molecule is CCN(C[C@@H]1CCN(c2nc(-c3ccc4cnn(C(C)C)c4c3)no2)C1)C(=O)CC(C)(C)C. The lowest BCUT2D eigenvalue weighted by atomic mass is 9.91. The Morgan fingerprint density at radius 2 is 2.09 bits per heavy atom. The minimum atomic E-state index is 0.00224. The van der Waals surface area contributed by atoms with Gasteiger partial charge in [-0.25, -0.2) is 0 Å². The van der Waals surface area contributed by atoms with Crippen LogP contribution in [0.5, 0.6) is 0 Å². The summed E-state index contributed by atoms with van der Waals surface area (Å²) in [6.45, 7) is 15.8. The van der Waals surface area contributed by atoms with Crippen molar-refractivity contribution in [3.63, 3.8) is 0 Å². The van der Waals surface area contributed by atoms with Crippen LogP contribution in [0.25, 0.3) is 22.3 Å². The van der Waals surface area contributed by atoms with Crippen LogP contribution >= 0.6 is 0 Å². The summed E-state index contributed by atoms with van der Waals surface area (Å²) < 4.78 is 7.63. The summed E-state index contributed by atoms with van der Waals surface area (Å²) in [6, 6.07) is 6.96. The van der Waals surface area contributed by atoms with Crippen LogP contribution in [0.3, 0.4) is 0 Å². The van der Waals surface area contributed by atoms with E-state index in [1.54, 1.807) is 0 Å². The average molecular weight is 453 g/mol. The molecular formula is C25H36N6O2. The first-order valence-electron chi connectivity index (χ1n) is 12.0. The molecule has 4 rings (SSSR count). The van der Waals surface area contributed by atoms with Gasteiger partial charge in [0.05, 0.1) is 11.7 Å². The standard InChI is InChI=1S/C25H36N6O2/c1-7-29(22(32)13-25(4,5)6)15-18-10-11-30(16-18)24-27-23(28-33-24)19-8-9-20-14-26-31(17(2)3)21(20)12-19/h8-9,12,14,17-18H,7,10-11,13,15-16H2,1-6H3/t18-/m0/s1. The highest BCUT2D eigenvalue weighted by atomic mass is 16.5. The molecule has 8 heteroatoms. The molecule has 1 aliphatic heterocycles. The lowest BCUT2D eigenvalue weighted by Gasteiger charge is -2.27. The molecule has 178 valence electrons. The third-order valence-corrected chi connectivity index (χ3v) is 6.21. The van der Waals surface area contributed by atoms with E-state index >= 15 is 0 Å². The number of hydrogen-bond donors (Lipinski definition) is 0. The van der Waals surface area contributed by atoms with Crippen molar-refractivity contribution in [2.45, 2.75) is 60.4 Å². The van der Waals surface area contributed by atoms with Crippen LogP contribution in [0.4, 0.5) is 6.01 Å². The average Bonchev–Trinajstić information content (AvgIpc) is 3.48. The largest absolute Gasteiger partial charge is 0.343 e. The highest BCUT2D eigenvalue weighted by Crippen LogP contribution is 2.28. The van der Waals surface area contributed by atoms with Gasteiger partial charge in [0.1, 0.15) is 0 Å². The van der Waals surface area contributed by atoms with E-state index in [9.17, 15) is 4.79 Å². The van der Waals surface area contributed by atoms with Gasteiger partial charge in [-0.15, -0.1) is 0 Å². The Kier molecular flexibility index (Phi) is 6.45. The van der Waals surface area contributed by atoms with E-state index in [1.807, 2.05) is 27.9 Å².